The third kappa shape index (κ3) is 5.43. The summed E-state index contributed by atoms with van der Waals surface area (Å²) in [5, 5.41) is 0. The van der Waals surface area contributed by atoms with E-state index in [1.165, 1.54) is 17.7 Å². The van der Waals surface area contributed by atoms with Crippen LogP contribution in [-0.2, 0) is 19.6 Å². The molecular formula is C21H24FN3O. The number of imidazole rings is 1. The molecule has 0 aliphatic rings. The van der Waals surface area contributed by atoms with Crippen molar-refractivity contribution in [3.05, 3.63) is 84.2 Å². The second kappa shape index (κ2) is 9.15. The van der Waals surface area contributed by atoms with Gasteiger partial charge in [0.05, 0.1) is 13.4 Å². The average Bonchev–Trinajstić information content (AvgIpc) is 3.17. The van der Waals surface area contributed by atoms with Crippen LogP contribution >= 0.6 is 0 Å². The molecule has 0 aliphatic carbocycles. The number of aryl methyl sites for hydroxylation is 1. The van der Waals surface area contributed by atoms with Gasteiger partial charge in [0.25, 0.3) is 0 Å². The van der Waals surface area contributed by atoms with Crippen molar-refractivity contribution < 1.29 is 9.13 Å². The summed E-state index contributed by atoms with van der Waals surface area (Å²) in [5.74, 6) is 0.662. The smallest absolute Gasteiger partial charge is 0.123 e. The molecule has 3 aromatic rings. The summed E-state index contributed by atoms with van der Waals surface area (Å²) in [4.78, 5) is 6.46. The molecule has 0 saturated carbocycles. The van der Waals surface area contributed by atoms with Crippen LogP contribution in [0.1, 0.15) is 17.5 Å². The first-order valence-electron chi connectivity index (χ1n) is 8.78. The van der Waals surface area contributed by atoms with Crippen molar-refractivity contribution in [2.75, 3.05) is 13.7 Å². The highest BCUT2D eigenvalue weighted by Crippen LogP contribution is 2.15. The van der Waals surface area contributed by atoms with Crippen molar-refractivity contribution in [1.82, 2.24) is 14.5 Å². The molecule has 1 aromatic heterocycles. The molecule has 0 amide bonds. The topological polar surface area (TPSA) is 30.3 Å². The molecule has 4 nitrogen and oxygen atoms in total. The lowest BCUT2D eigenvalue weighted by atomic mass is 10.1. The number of ether oxygens (including phenoxy) is 1. The molecule has 1 heterocycles. The fraction of sp³-hybridized carbons (Fsp3) is 0.286. The lowest BCUT2D eigenvalue weighted by Gasteiger charge is -2.23. The zero-order valence-electron chi connectivity index (χ0n) is 15.0. The Morgan fingerprint density at radius 1 is 1.00 bits per heavy atom. The quantitative estimate of drug-likeness (QED) is 0.580. The molecule has 0 fully saturated rings. The van der Waals surface area contributed by atoms with Crippen LogP contribution in [0.4, 0.5) is 4.39 Å². The highest BCUT2D eigenvalue weighted by atomic mass is 19.1. The first-order valence-corrected chi connectivity index (χ1v) is 8.78. The second-order valence-electron chi connectivity index (χ2n) is 6.34. The molecule has 0 spiro atoms. The van der Waals surface area contributed by atoms with Crippen LogP contribution in [0.2, 0.25) is 0 Å². The van der Waals surface area contributed by atoms with Crippen molar-refractivity contribution in [2.24, 2.45) is 0 Å². The van der Waals surface area contributed by atoms with Gasteiger partial charge in [-0.15, -0.1) is 0 Å². The number of rotatable bonds is 9. The van der Waals surface area contributed by atoms with Crippen LogP contribution in [0, 0.1) is 5.82 Å². The number of methoxy groups -OCH3 is 1. The number of aromatic nitrogens is 2. The zero-order valence-corrected chi connectivity index (χ0v) is 15.0. The van der Waals surface area contributed by atoms with Crippen LogP contribution in [0.25, 0.3) is 0 Å². The van der Waals surface area contributed by atoms with Gasteiger partial charge in [-0.2, -0.15) is 0 Å². The summed E-state index contributed by atoms with van der Waals surface area (Å²) in [6.07, 6.45) is 6.64. The first-order chi connectivity index (χ1) is 12.7. The largest absolute Gasteiger partial charge is 0.497 e. The molecule has 0 saturated heterocycles. The number of hydrogen-bond acceptors (Lipinski definition) is 3. The Labute approximate surface area is 153 Å². The van der Waals surface area contributed by atoms with E-state index < -0.39 is 0 Å². The molecule has 0 atom stereocenters. The molecular weight excluding hydrogens is 329 g/mol. The lowest BCUT2D eigenvalue weighted by molar-refractivity contribution is 0.248. The van der Waals surface area contributed by atoms with Gasteiger partial charge in [0.1, 0.15) is 11.6 Å². The minimum absolute atomic E-state index is 0.199. The van der Waals surface area contributed by atoms with Crippen LogP contribution in [0.3, 0.4) is 0 Å². The van der Waals surface area contributed by atoms with E-state index in [1.807, 2.05) is 36.8 Å². The van der Waals surface area contributed by atoms with E-state index in [9.17, 15) is 4.39 Å². The minimum atomic E-state index is -0.199. The first kappa shape index (κ1) is 18.1. The molecule has 26 heavy (non-hydrogen) atoms. The predicted octanol–water partition coefficient (Wildman–Crippen LogP) is 4.12. The van der Waals surface area contributed by atoms with E-state index in [4.69, 9.17) is 4.74 Å². The van der Waals surface area contributed by atoms with Crippen molar-refractivity contribution in [3.8, 4) is 5.75 Å². The van der Waals surface area contributed by atoms with Crippen LogP contribution < -0.4 is 4.74 Å². The summed E-state index contributed by atoms with van der Waals surface area (Å²) in [6, 6.07) is 14.9. The molecule has 3 rings (SSSR count). The summed E-state index contributed by atoms with van der Waals surface area (Å²) < 4.78 is 20.5. The van der Waals surface area contributed by atoms with E-state index in [1.54, 1.807) is 13.3 Å². The van der Waals surface area contributed by atoms with E-state index >= 15 is 0 Å². The Kier molecular flexibility index (Phi) is 6.39. The Bertz CT molecular complexity index is 770. The highest BCUT2D eigenvalue weighted by molar-refractivity contribution is 5.27. The molecule has 0 N–H and O–H groups in total. The Hall–Kier alpha value is -2.66. The van der Waals surface area contributed by atoms with E-state index in [0.717, 1.165) is 43.9 Å². The summed E-state index contributed by atoms with van der Waals surface area (Å²) >= 11 is 0. The minimum Gasteiger partial charge on any atom is -0.497 e. The standard InChI is InChI=1S/C21H24FN3O/c1-26-21-9-5-19(6-10-21)16-25(13-2-12-24-14-11-23-17-24)15-18-3-7-20(22)8-4-18/h3-11,14,17H,2,12-13,15-16H2,1H3. The molecule has 0 aliphatic heterocycles. The number of halogens is 1. The normalized spacial score (nSPS) is 11.0. The van der Waals surface area contributed by atoms with Crippen molar-refractivity contribution in [1.29, 1.82) is 0 Å². The van der Waals surface area contributed by atoms with Crippen molar-refractivity contribution >= 4 is 0 Å². The molecule has 0 bridgehead atoms. The van der Waals surface area contributed by atoms with E-state index in [-0.39, 0.29) is 5.82 Å². The van der Waals surface area contributed by atoms with E-state index in [2.05, 4.69) is 26.6 Å². The van der Waals surface area contributed by atoms with Gasteiger partial charge in [0.2, 0.25) is 0 Å². The maximum atomic E-state index is 13.2. The summed E-state index contributed by atoms with van der Waals surface area (Å²) in [7, 11) is 1.67. The van der Waals surface area contributed by atoms with Gasteiger partial charge in [-0.3, -0.25) is 4.90 Å². The van der Waals surface area contributed by atoms with Crippen molar-refractivity contribution in [2.45, 2.75) is 26.1 Å². The van der Waals surface area contributed by atoms with Gasteiger partial charge < -0.3 is 9.30 Å². The molecule has 0 radical (unpaired) electrons. The maximum Gasteiger partial charge on any atom is 0.123 e. The summed E-state index contributed by atoms with van der Waals surface area (Å²) in [6.45, 7) is 3.51. The van der Waals surface area contributed by atoms with Gasteiger partial charge in [0.15, 0.2) is 0 Å². The maximum absolute atomic E-state index is 13.2. The molecule has 2 aromatic carbocycles. The molecule has 5 heteroatoms. The van der Waals surface area contributed by atoms with Gasteiger partial charge in [-0.1, -0.05) is 24.3 Å². The SMILES string of the molecule is COc1ccc(CN(CCCn2ccnc2)Cc2ccc(F)cc2)cc1. The lowest BCUT2D eigenvalue weighted by Crippen LogP contribution is -2.25. The van der Waals surface area contributed by atoms with Gasteiger partial charge in [-0.05, 0) is 41.8 Å². The monoisotopic (exact) mass is 353 g/mol. The van der Waals surface area contributed by atoms with Crippen LogP contribution in [-0.4, -0.2) is 28.1 Å². The van der Waals surface area contributed by atoms with E-state index in [0.29, 0.717) is 0 Å². The third-order valence-electron chi connectivity index (χ3n) is 4.33. The Morgan fingerprint density at radius 2 is 1.65 bits per heavy atom. The van der Waals surface area contributed by atoms with Crippen LogP contribution in [0.5, 0.6) is 5.75 Å². The van der Waals surface area contributed by atoms with Gasteiger partial charge >= 0.3 is 0 Å². The summed E-state index contributed by atoms with van der Waals surface area (Å²) in [5.41, 5.74) is 2.35. The highest BCUT2D eigenvalue weighted by Gasteiger charge is 2.08. The Morgan fingerprint density at radius 3 is 2.23 bits per heavy atom. The Balaban J connectivity index is 1.63. The second-order valence-corrected chi connectivity index (χ2v) is 6.34. The molecule has 0 unspecified atom stereocenters. The predicted molar refractivity (Wildman–Crippen MR) is 100 cm³/mol. The fourth-order valence-corrected chi connectivity index (χ4v) is 2.95. The number of hydrogen-bond donors (Lipinski definition) is 0. The van der Waals surface area contributed by atoms with Crippen LogP contribution in [0.15, 0.2) is 67.3 Å². The van der Waals surface area contributed by atoms with Gasteiger partial charge in [0, 0.05) is 38.6 Å². The van der Waals surface area contributed by atoms with Gasteiger partial charge in [-0.25, -0.2) is 9.37 Å². The van der Waals surface area contributed by atoms with Crippen molar-refractivity contribution in [3.63, 3.8) is 0 Å². The fourth-order valence-electron chi connectivity index (χ4n) is 2.95. The third-order valence-corrected chi connectivity index (χ3v) is 4.33. The number of nitrogens with zero attached hydrogens (tertiary/aromatic N) is 3. The number of benzene rings is 2. The average molecular weight is 353 g/mol. The molecule has 136 valence electrons. The zero-order chi connectivity index (χ0) is 18.2.